The number of carbonyl (C=O) groups excluding carboxylic acids is 3. The van der Waals surface area contributed by atoms with Crippen molar-refractivity contribution in [2.75, 3.05) is 49.8 Å². The van der Waals surface area contributed by atoms with E-state index in [2.05, 4.69) is 20.1 Å². The van der Waals surface area contributed by atoms with Gasteiger partial charge in [-0.3, -0.25) is 14.4 Å². The van der Waals surface area contributed by atoms with Gasteiger partial charge in [-0.05, 0) is 94.5 Å². The Hall–Kier alpha value is -3.76. The van der Waals surface area contributed by atoms with Crippen LogP contribution in [0.3, 0.4) is 0 Å². The van der Waals surface area contributed by atoms with Crippen molar-refractivity contribution in [3.8, 4) is 11.5 Å². The summed E-state index contributed by atoms with van der Waals surface area (Å²) in [5.74, 6) is -0.318. The molecular formula is C37H47N3O6S. The third kappa shape index (κ3) is 6.29. The first-order valence-corrected chi connectivity index (χ1v) is 17.3. The molecule has 3 fully saturated rings. The highest BCUT2D eigenvalue weighted by molar-refractivity contribution is 8.02. The van der Waals surface area contributed by atoms with Crippen LogP contribution in [0.2, 0.25) is 0 Å². The highest BCUT2D eigenvalue weighted by Crippen LogP contribution is 2.71. The first kappa shape index (κ1) is 34.6. The molecule has 252 valence electrons. The third-order valence-electron chi connectivity index (χ3n) is 9.83. The van der Waals surface area contributed by atoms with Gasteiger partial charge < -0.3 is 29.3 Å². The Morgan fingerprint density at radius 3 is 2.11 bits per heavy atom. The molecule has 0 radical (unpaired) electrons. The van der Waals surface area contributed by atoms with Crippen molar-refractivity contribution >= 4 is 40.9 Å². The number of aliphatic hydroxyl groups is 1. The second kappa shape index (κ2) is 14.6. The van der Waals surface area contributed by atoms with Crippen molar-refractivity contribution in [1.29, 1.82) is 0 Å². The van der Waals surface area contributed by atoms with Gasteiger partial charge in [-0.2, -0.15) is 0 Å². The fraction of sp³-hybridized carbons (Fsp3) is 0.486. The lowest BCUT2D eigenvalue weighted by Gasteiger charge is -2.38. The molecule has 3 aliphatic rings. The van der Waals surface area contributed by atoms with Crippen LogP contribution in [0.5, 0.6) is 11.5 Å². The summed E-state index contributed by atoms with van der Waals surface area (Å²) >= 11 is 1.66. The fourth-order valence-corrected chi connectivity index (χ4v) is 10.1. The maximum absolute atomic E-state index is 14.9. The van der Waals surface area contributed by atoms with E-state index < -0.39 is 27.4 Å². The summed E-state index contributed by atoms with van der Waals surface area (Å²) in [7, 11) is 1.60. The van der Waals surface area contributed by atoms with Gasteiger partial charge in [0.25, 0.3) is 5.91 Å². The van der Waals surface area contributed by atoms with Crippen molar-refractivity contribution in [1.82, 2.24) is 4.90 Å². The van der Waals surface area contributed by atoms with Crippen LogP contribution in [0, 0.1) is 11.8 Å². The monoisotopic (exact) mass is 661 g/mol. The molecule has 10 heteroatoms. The number of ether oxygens (including phenoxy) is 2. The fourth-order valence-electron chi connectivity index (χ4n) is 7.76. The number of anilines is 2. The highest BCUT2D eigenvalue weighted by atomic mass is 32.2. The summed E-state index contributed by atoms with van der Waals surface area (Å²) in [6.07, 6.45) is 6.77. The molecule has 0 aliphatic carbocycles. The average molecular weight is 662 g/mol. The van der Waals surface area contributed by atoms with Crippen LogP contribution in [0.1, 0.15) is 46.0 Å². The van der Waals surface area contributed by atoms with Gasteiger partial charge in [0, 0.05) is 42.4 Å². The number of carbonyl (C=O) groups is 3. The van der Waals surface area contributed by atoms with E-state index in [0.717, 1.165) is 12.8 Å². The average Bonchev–Trinajstić information content (AvgIpc) is 3.65. The molecule has 47 heavy (non-hydrogen) atoms. The Kier molecular flexibility index (Phi) is 10.7. The number of thioether (sulfide) groups is 1. The number of hydrogen-bond acceptors (Lipinski definition) is 7. The summed E-state index contributed by atoms with van der Waals surface area (Å²) < 4.78 is 9.69. The Bertz CT molecular complexity index is 1470. The smallest absolute Gasteiger partial charge is 0.251 e. The zero-order valence-electron chi connectivity index (χ0n) is 27.7. The molecule has 3 aliphatic heterocycles. The number of hydrogen-bond donors (Lipinski definition) is 1. The van der Waals surface area contributed by atoms with Gasteiger partial charge in [-0.25, -0.2) is 0 Å². The molecule has 9 nitrogen and oxygen atoms in total. The lowest BCUT2D eigenvalue weighted by atomic mass is 9.66. The molecule has 0 saturated carbocycles. The number of nitrogens with zero attached hydrogens (tertiary/aromatic N) is 3. The molecule has 5 atom stereocenters. The number of unbranched alkanes of at least 4 members (excludes halogenated alkanes) is 2. The van der Waals surface area contributed by atoms with E-state index in [0.29, 0.717) is 55.3 Å². The Balaban J connectivity index is 1.54. The quantitative estimate of drug-likeness (QED) is 0.188. The first-order valence-electron chi connectivity index (χ1n) is 16.5. The van der Waals surface area contributed by atoms with Crippen LogP contribution >= 0.6 is 11.8 Å². The number of rotatable bonds is 16. The van der Waals surface area contributed by atoms with E-state index in [1.54, 1.807) is 45.7 Å². The molecule has 2 bridgehead atoms. The van der Waals surface area contributed by atoms with E-state index in [4.69, 9.17) is 9.47 Å². The van der Waals surface area contributed by atoms with Gasteiger partial charge in [-0.15, -0.1) is 24.9 Å². The summed E-state index contributed by atoms with van der Waals surface area (Å²) in [5.41, 5.74) is 1.40. The molecule has 2 unspecified atom stereocenters. The predicted molar refractivity (Wildman–Crippen MR) is 187 cm³/mol. The normalized spacial score (nSPS) is 25.7. The lowest BCUT2D eigenvalue weighted by molar-refractivity contribution is -0.139. The van der Waals surface area contributed by atoms with Crippen molar-refractivity contribution in [3.05, 3.63) is 73.8 Å². The molecule has 2 aromatic carbocycles. The zero-order valence-corrected chi connectivity index (χ0v) is 28.5. The minimum atomic E-state index is -0.759. The predicted octanol–water partition coefficient (Wildman–Crippen LogP) is 5.48. The van der Waals surface area contributed by atoms with Gasteiger partial charge in [0.05, 0.1) is 30.3 Å². The van der Waals surface area contributed by atoms with Crippen molar-refractivity contribution in [3.63, 3.8) is 0 Å². The molecular weight excluding hydrogens is 614 g/mol. The van der Waals surface area contributed by atoms with Crippen molar-refractivity contribution in [2.24, 2.45) is 11.8 Å². The summed E-state index contributed by atoms with van der Waals surface area (Å²) in [6.45, 7) is 13.4. The molecule has 3 amide bonds. The van der Waals surface area contributed by atoms with E-state index in [1.165, 1.54) is 0 Å². The number of methoxy groups -OCH3 is 1. The topological polar surface area (TPSA) is 99.6 Å². The van der Waals surface area contributed by atoms with Gasteiger partial charge in [0.15, 0.2) is 0 Å². The molecule has 5 rings (SSSR count). The van der Waals surface area contributed by atoms with E-state index in [9.17, 15) is 19.5 Å². The second-order valence-corrected chi connectivity index (χ2v) is 14.5. The molecule has 3 saturated heterocycles. The highest BCUT2D eigenvalue weighted by Gasteiger charge is 2.77. The number of amides is 3. The van der Waals surface area contributed by atoms with Crippen LogP contribution in [0.25, 0.3) is 0 Å². The minimum absolute atomic E-state index is 0.0723. The summed E-state index contributed by atoms with van der Waals surface area (Å²) in [4.78, 5) is 49.4. The minimum Gasteiger partial charge on any atom is -0.497 e. The SMILES string of the molecule is C=CCN(C(=O)C1N(CCCCCO)C(=O)[C@@H]2[C@H](C(=O)N(CC=C)c3ccc(OCC)cc3)[C@]3(C)CCC12S3)c1ccc(OC)cc1. The second-order valence-electron chi connectivity index (χ2n) is 12.6. The van der Waals surface area contributed by atoms with Crippen LogP contribution in [0.15, 0.2) is 73.8 Å². The number of likely N-dealkylation sites (tertiary alicyclic amines) is 1. The first-order chi connectivity index (χ1) is 22.7. The third-order valence-corrected chi connectivity index (χ3v) is 11.8. The van der Waals surface area contributed by atoms with Gasteiger partial charge in [-0.1, -0.05) is 12.2 Å². The van der Waals surface area contributed by atoms with Crippen molar-refractivity contribution in [2.45, 2.75) is 61.5 Å². The van der Waals surface area contributed by atoms with Gasteiger partial charge >= 0.3 is 0 Å². The molecule has 3 heterocycles. The molecule has 1 spiro atoms. The Labute approximate surface area is 282 Å². The molecule has 2 aromatic rings. The maximum atomic E-state index is 14.9. The van der Waals surface area contributed by atoms with Gasteiger partial charge in [0.1, 0.15) is 17.5 Å². The standard InChI is InChI=1S/C37H47N3O6S/c1-6-22-38(26-14-18-29(19-15-26)46-8-3)33(42)30-31-34(43)40(24-10-9-11-25-41)32(37(31)21-20-36(30,4)47-37)35(44)39(23-7-2)27-12-16-28(45-5)17-13-27/h6-7,12-19,30-32,41H,1-2,8-11,20-25H2,3-5H3/t30-,31+,32?,36+,37?/m1/s1. The van der Waals surface area contributed by atoms with Crippen LogP contribution in [-0.4, -0.2) is 83.2 Å². The van der Waals surface area contributed by atoms with Crippen LogP contribution in [0.4, 0.5) is 11.4 Å². The Morgan fingerprint density at radius 1 is 0.957 bits per heavy atom. The van der Waals surface area contributed by atoms with E-state index in [-0.39, 0.29) is 37.4 Å². The number of aliphatic hydroxyl groups excluding tert-OH is 1. The van der Waals surface area contributed by atoms with Gasteiger partial charge in [0.2, 0.25) is 11.8 Å². The van der Waals surface area contributed by atoms with Crippen molar-refractivity contribution < 1.29 is 29.0 Å². The van der Waals surface area contributed by atoms with E-state index in [1.807, 2.05) is 55.5 Å². The number of benzene rings is 2. The molecule has 0 aromatic heterocycles. The summed E-state index contributed by atoms with van der Waals surface area (Å²) in [5, 5.41) is 9.40. The van der Waals surface area contributed by atoms with E-state index >= 15 is 0 Å². The maximum Gasteiger partial charge on any atom is 0.251 e. The Morgan fingerprint density at radius 2 is 1.55 bits per heavy atom. The van der Waals surface area contributed by atoms with Crippen LogP contribution in [-0.2, 0) is 14.4 Å². The summed E-state index contributed by atoms with van der Waals surface area (Å²) in [6, 6.07) is 14.0. The molecule has 1 N–H and O–H groups in total. The zero-order chi connectivity index (χ0) is 33.8. The van der Waals surface area contributed by atoms with Crippen LogP contribution < -0.4 is 19.3 Å². The number of fused-ring (bicyclic) bond motifs is 1. The lowest BCUT2D eigenvalue weighted by Crippen LogP contribution is -2.55. The largest absolute Gasteiger partial charge is 0.497 e.